The molecular weight excluding hydrogens is 1140 g/mol. The van der Waals surface area contributed by atoms with Gasteiger partial charge in [-0.2, -0.15) is 16.8 Å². The minimum Gasteiger partial charge on any atom is -0.458 e. The Morgan fingerprint density at radius 3 is 2.00 bits per heavy atom. The highest BCUT2D eigenvalue weighted by Gasteiger charge is 2.79. The molecule has 0 aromatic heterocycles. The number of aliphatic hydroxyl groups is 7. The van der Waals surface area contributed by atoms with Crippen LogP contribution in [0.2, 0.25) is 0 Å². The standard InChI is InChI=1S/C54H84O27S2/c1-23(2)12-11-17-53(9)44-28(55)20-52(8)27-13-14-31-50(5,6)32(16-18-51(31,7)26(27)15-19-54(44,52)49(63)80-53)76-48-43(35(58)30(21-71-48)81-83(67,68)69)79-45-37(60)36(59)40(25(4)74-45)77-47-39(62)42(34(57)29(75-47)22-72-82(64,65)66)78-46-38(61)41(70-10)33(56)24(3)73-46/h15,24-25,27,29-48,56-62H,1,11-14,16-22H2,2-10H3,(H,64,65,66)(H,67,68,69). The fraction of sp³-hybridized carbons (Fsp3) is 0.889. The van der Waals surface area contributed by atoms with Crippen molar-refractivity contribution in [3.8, 4) is 0 Å². The normalized spacial score (nSPS) is 49.0. The Labute approximate surface area is 483 Å². The van der Waals surface area contributed by atoms with Gasteiger partial charge in [0.15, 0.2) is 25.2 Å². The predicted octanol–water partition coefficient (Wildman–Crippen LogP) is 0.473. The second-order valence-corrected chi connectivity index (χ2v) is 27.9. The summed E-state index contributed by atoms with van der Waals surface area (Å²) in [6, 6.07) is 0. The van der Waals surface area contributed by atoms with E-state index in [-0.39, 0.29) is 30.0 Å². The lowest BCUT2D eigenvalue weighted by molar-refractivity contribution is -0.388. The zero-order valence-electron chi connectivity index (χ0n) is 48.0. The molecule has 29 heteroatoms. The Morgan fingerprint density at radius 1 is 0.723 bits per heavy atom. The van der Waals surface area contributed by atoms with E-state index in [4.69, 9.17) is 51.6 Å². The van der Waals surface area contributed by atoms with Crippen LogP contribution in [0, 0.1) is 39.4 Å². The number of allylic oxidation sites excluding steroid dienone is 3. The molecule has 0 radical (unpaired) electrons. The molecule has 5 heterocycles. The van der Waals surface area contributed by atoms with Gasteiger partial charge in [0.25, 0.3) is 0 Å². The van der Waals surface area contributed by atoms with Crippen LogP contribution in [-0.2, 0) is 86.1 Å². The molecule has 474 valence electrons. The number of ether oxygens (including phenoxy) is 10. The number of aliphatic hydroxyl groups excluding tert-OH is 7. The monoisotopic (exact) mass is 1230 g/mol. The fourth-order valence-corrected chi connectivity index (χ4v) is 16.9. The van der Waals surface area contributed by atoms with E-state index in [1.807, 2.05) is 13.8 Å². The zero-order chi connectivity index (χ0) is 61.1. The van der Waals surface area contributed by atoms with Crippen LogP contribution in [0.5, 0.6) is 0 Å². The lowest BCUT2D eigenvalue weighted by Crippen LogP contribution is -2.67. The van der Waals surface area contributed by atoms with Crippen LogP contribution in [0.25, 0.3) is 0 Å². The molecular formula is C54H84O27S2. The molecule has 1 spiro atoms. The van der Waals surface area contributed by atoms with Crippen LogP contribution in [0.4, 0.5) is 0 Å². The summed E-state index contributed by atoms with van der Waals surface area (Å²) in [5.41, 5.74) is -1.48. The highest BCUT2D eigenvalue weighted by Crippen LogP contribution is 2.75. The Hall–Kier alpha value is -2.28. The van der Waals surface area contributed by atoms with Crippen LogP contribution < -0.4 is 0 Å². The van der Waals surface area contributed by atoms with Crippen molar-refractivity contribution < 1.29 is 127 Å². The second kappa shape index (κ2) is 23.6. The first-order chi connectivity index (χ1) is 38.5. The van der Waals surface area contributed by atoms with Crippen molar-refractivity contribution >= 4 is 32.6 Å². The third-order valence-electron chi connectivity index (χ3n) is 20.2. The molecule has 0 aromatic rings. The number of hydrogen-bond donors (Lipinski definition) is 9. The summed E-state index contributed by atoms with van der Waals surface area (Å²) in [6.45, 7) is 17.4. The van der Waals surface area contributed by atoms with E-state index in [0.29, 0.717) is 38.5 Å². The summed E-state index contributed by atoms with van der Waals surface area (Å²) in [5.74, 6) is -0.958. The Kier molecular flexibility index (Phi) is 18.5. The summed E-state index contributed by atoms with van der Waals surface area (Å²) in [6.07, 6.45) is -26.3. The number of carbonyl (C=O) groups excluding carboxylic acids is 2. The van der Waals surface area contributed by atoms with Crippen LogP contribution in [0.1, 0.15) is 113 Å². The Bertz CT molecular complexity index is 2680. The maximum absolute atomic E-state index is 14.4. The summed E-state index contributed by atoms with van der Waals surface area (Å²) in [5, 5.41) is 79.6. The van der Waals surface area contributed by atoms with Crippen LogP contribution in [-0.4, -0.2) is 222 Å². The average Bonchev–Trinajstić information content (AvgIpc) is 1.59. The highest BCUT2D eigenvalue weighted by molar-refractivity contribution is 7.81. The third kappa shape index (κ3) is 11.7. The predicted molar refractivity (Wildman–Crippen MR) is 280 cm³/mol. The molecule has 83 heavy (non-hydrogen) atoms. The molecule has 5 saturated heterocycles. The molecule has 27 atom stereocenters. The van der Waals surface area contributed by atoms with Gasteiger partial charge in [-0.1, -0.05) is 44.9 Å². The van der Waals surface area contributed by atoms with Crippen LogP contribution in [0.3, 0.4) is 0 Å². The molecule has 3 saturated carbocycles. The Balaban J connectivity index is 0.914. The summed E-state index contributed by atoms with van der Waals surface area (Å²) < 4.78 is 135. The van der Waals surface area contributed by atoms with Gasteiger partial charge in [-0.3, -0.25) is 18.7 Å². The molecule has 5 aliphatic heterocycles. The van der Waals surface area contributed by atoms with Crippen molar-refractivity contribution in [3.63, 3.8) is 0 Å². The van der Waals surface area contributed by atoms with E-state index >= 15 is 0 Å². The minimum absolute atomic E-state index is 0.0418. The number of esters is 1. The number of ketones is 1. The first kappa shape index (κ1) is 65.2. The molecule has 8 fully saturated rings. The van der Waals surface area contributed by atoms with Gasteiger partial charge in [-0.15, -0.1) is 6.58 Å². The smallest absolute Gasteiger partial charge is 0.397 e. The quantitative estimate of drug-likeness (QED) is 0.0390. The topological polar surface area (TPSA) is 395 Å². The fourth-order valence-electron chi connectivity index (χ4n) is 16.1. The number of hydrogen-bond acceptors (Lipinski definition) is 25. The van der Waals surface area contributed by atoms with Gasteiger partial charge in [0.05, 0.1) is 42.9 Å². The second-order valence-electron chi connectivity index (χ2n) is 25.8. The van der Waals surface area contributed by atoms with Crippen LogP contribution in [0.15, 0.2) is 23.8 Å². The van der Waals surface area contributed by atoms with Gasteiger partial charge in [-0.05, 0) is 107 Å². The van der Waals surface area contributed by atoms with Crippen molar-refractivity contribution in [2.24, 2.45) is 39.4 Å². The van der Waals surface area contributed by atoms with Crippen molar-refractivity contribution in [1.29, 1.82) is 0 Å². The molecule has 9 aliphatic rings. The Morgan fingerprint density at radius 2 is 1.35 bits per heavy atom. The maximum Gasteiger partial charge on any atom is 0.397 e. The van der Waals surface area contributed by atoms with Crippen molar-refractivity contribution in [2.45, 2.75) is 242 Å². The number of cyclic esters (lactones) is 1. The number of Topliss-reactive ketones (excluding diaryl/α,β-unsaturated/α-hetero) is 1. The van der Waals surface area contributed by atoms with Gasteiger partial charge in [0.2, 0.25) is 0 Å². The summed E-state index contributed by atoms with van der Waals surface area (Å²) in [7, 11) is -9.16. The third-order valence-corrected chi connectivity index (χ3v) is 21.2. The number of carbonyl (C=O) groups is 2. The lowest BCUT2D eigenvalue weighted by atomic mass is 9.41. The SMILES string of the molecule is C=C(C)CCCC1(C)OC(=O)C23CC=C4C(CCC5C4(C)CCC(OC4OCC(OS(=O)(=O)O)C(O)C4OC4OC(C)C(OC6OC(COS(=O)(=O)O)C(O)C(OC7OC(C)C(O)C(OC)C7O)C6O)C(O)C4O)C5(C)C)C2(C)CC(=O)C13. The van der Waals surface area contributed by atoms with E-state index in [1.54, 1.807) is 0 Å². The van der Waals surface area contributed by atoms with Gasteiger partial charge in [-0.25, -0.2) is 8.37 Å². The minimum atomic E-state index is -5.20. The lowest BCUT2D eigenvalue weighted by Gasteiger charge is -2.63. The zero-order valence-corrected chi connectivity index (χ0v) is 49.7. The van der Waals surface area contributed by atoms with E-state index in [2.05, 4.69) is 44.5 Å². The van der Waals surface area contributed by atoms with Crippen LogP contribution >= 0.6 is 0 Å². The molecule has 0 aromatic carbocycles. The molecule has 0 bridgehead atoms. The molecule has 0 amide bonds. The molecule has 27 nitrogen and oxygen atoms in total. The number of rotatable bonds is 18. The van der Waals surface area contributed by atoms with Crippen molar-refractivity contribution in [2.75, 3.05) is 20.3 Å². The maximum atomic E-state index is 14.4. The molecule has 9 N–H and O–H groups in total. The summed E-state index contributed by atoms with van der Waals surface area (Å²) in [4.78, 5) is 28.7. The largest absolute Gasteiger partial charge is 0.458 e. The summed E-state index contributed by atoms with van der Waals surface area (Å²) >= 11 is 0. The number of methoxy groups -OCH3 is 1. The molecule has 9 rings (SSSR count). The first-order valence-corrected chi connectivity index (χ1v) is 31.1. The van der Waals surface area contributed by atoms with E-state index in [1.165, 1.54) is 26.5 Å². The average molecular weight is 1230 g/mol. The van der Waals surface area contributed by atoms with Gasteiger partial charge < -0.3 is 83.1 Å². The van der Waals surface area contributed by atoms with Gasteiger partial charge in [0.1, 0.15) is 90.7 Å². The van der Waals surface area contributed by atoms with E-state index in [9.17, 15) is 71.3 Å². The first-order valence-electron chi connectivity index (χ1n) is 28.4. The number of fused-ring (bicyclic) bond motifs is 4. The van der Waals surface area contributed by atoms with Crippen molar-refractivity contribution in [3.05, 3.63) is 23.8 Å². The van der Waals surface area contributed by atoms with Gasteiger partial charge in [0, 0.05) is 13.5 Å². The van der Waals surface area contributed by atoms with E-state index in [0.717, 1.165) is 18.4 Å². The molecule has 27 unspecified atom stereocenters. The highest BCUT2D eigenvalue weighted by atomic mass is 32.3. The van der Waals surface area contributed by atoms with Gasteiger partial charge >= 0.3 is 26.8 Å². The van der Waals surface area contributed by atoms with E-state index < -0.39 is 190 Å². The molecule has 4 aliphatic carbocycles. The van der Waals surface area contributed by atoms with Crippen molar-refractivity contribution in [1.82, 2.24) is 0 Å².